The topological polar surface area (TPSA) is 87.6 Å². The number of nitrogens with one attached hydrogen (secondary N) is 2. The molecule has 1 amide bonds. The summed E-state index contributed by atoms with van der Waals surface area (Å²) in [6.07, 6.45) is 18.8. The molecule has 32 heavy (non-hydrogen) atoms. The molecule has 0 aliphatic heterocycles. The Hall–Kier alpha value is -1.89. The van der Waals surface area contributed by atoms with E-state index in [0.717, 1.165) is 18.4 Å². The standard InChI is InChI=1S/C25H43N3O3S/c1-3-4-5-6-7-8-9-10-11-12-13-14-15-16-21-32(30,31)28-26-22-24-17-19-25(20-18-24)27-23(2)29/h17-20,22,28H,3-16,21H2,1-2H3,(H,27,29). The monoisotopic (exact) mass is 465 g/mol. The normalized spacial score (nSPS) is 11.7. The fourth-order valence-electron chi connectivity index (χ4n) is 3.57. The summed E-state index contributed by atoms with van der Waals surface area (Å²) in [5.74, 6) is -0.0354. The maximum atomic E-state index is 12.0. The van der Waals surface area contributed by atoms with Gasteiger partial charge in [0.1, 0.15) is 0 Å². The van der Waals surface area contributed by atoms with Crippen molar-refractivity contribution in [1.82, 2.24) is 4.83 Å². The summed E-state index contributed by atoms with van der Waals surface area (Å²) in [6, 6.07) is 7.01. The van der Waals surface area contributed by atoms with Crippen LogP contribution in [-0.4, -0.2) is 26.3 Å². The van der Waals surface area contributed by atoms with Crippen molar-refractivity contribution in [3.63, 3.8) is 0 Å². The lowest BCUT2D eigenvalue weighted by atomic mass is 10.0. The summed E-state index contributed by atoms with van der Waals surface area (Å²) >= 11 is 0. The van der Waals surface area contributed by atoms with E-state index >= 15 is 0 Å². The average molecular weight is 466 g/mol. The van der Waals surface area contributed by atoms with Gasteiger partial charge < -0.3 is 5.32 Å². The molecule has 1 aromatic rings. The number of anilines is 1. The Morgan fingerprint density at radius 2 is 1.28 bits per heavy atom. The fourth-order valence-corrected chi connectivity index (χ4v) is 4.46. The number of rotatable bonds is 19. The first-order chi connectivity index (χ1) is 15.4. The molecule has 1 rings (SSSR count). The summed E-state index contributed by atoms with van der Waals surface area (Å²) < 4.78 is 24.1. The molecule has 0 fully saturated rings. The van der Waals surface area contributed by atoms with Crippen LogP contribution in [0.3, 0.4) is 0 Å². The summed E-state index contributed by atoms with van der Waals surface area (Å²) in [4.78, 5) is 13.3. The highest BCUT2D eigenvalue weighted by Crippen LogP contribution is 2.13. The second-order valence-corrected chi connectivity index (χ2v) is 10.4. The van der Waals surface area contributed by atoms with E-state index in [1.807, 2.05) is 0 Å². The molecule has 7 heteroatoms. The minimum atomic E-state index is -3.40. The first-order valence-corrected chi connectivity index (χ1v) is 14.0. The molecule has 2 N–H and O–H groups in total. The number of unbranched alkanes of at least 4 members (excludes halogenated alkanes) is 13. The van der Waals surface area contributed by atoms with E-state index in [2.05, 4.69) is 22.2 Å². The van der Waals surface area contributed by atoms with Crippen molar-refractivity contribution in [2.75, 3.05) is 11.1 Å². The van der Waals surface area contributed by atoms with E-state index in [-0.39, 0.29) is 11.7 Å². The van der Waals surface area contributed by atoms with Crippen LogP contribution >= 0.6 is 0 Å². The molecule has 0 aliphatic carbocycles. The number of amides is 1. The molecule has 1 aromatic carbocycles. The van der Waals surface area contributed by atoms with Crippen LogP contribution in [0.1, 0.15) is 109 Å². The van der Waals surface area contributed by atoms with E-state index in [1.54, 1.807) is 24.3 Å². The minimum absolute atomic E-state index is 0.101. The molecule has 0 aliphatic rings. The van der Waals surface area contributed by atoms with Gasteiger partial charge in [0.15, 0.2) is 0 Å². The van der Waals surface area contributed by atoms with Crippen LogP contribution in [0.25, 0.3) is 0 Å². The highest BCUT2D eigenvalue weighted by atomic mass is 32.2. The zero-order valence-electron chi connectivity index (χ0n) is 20.1. The highest BCUT2D eigenvalue weighted by Gasteiger charge is 2.07. The van der Waals surface area contributed by atoms with Gasteiger partial charge in [0.25, 0.3) is 0 Å². The van der Waals surface area contributed by atoms with Crippen molar-refractivity contribution in [3.05, 3.63) is 29.8 Å². The molecule has 0 saturated carbocycles. The van der Waals surface area contributed by atoms with E-state index in [0.29, 0.717) is 12.1 Å². The Labute approximate surface area is 195 Å². The van der Waals surface area contributed by atoms with Crippen molar-refractivity contribution in [3.8, 4) is 0 Å². The van der Waals surface area contributed by atoms with Crippen molar-refractivity contribution < 1.29 is 13.2 Å². The van der Waals surface area contributed by atoms with Crippen molar-refractivity contribution >= 4 is 27.8 Å². The zero-order chi connectivity index (χ0) is 23.5. The number of hydrogen-bond acceptors (Lipinski definition) is 4. The quantitative estimate of drug-likeness (QED) is 0.141. The minimum Gasteiger partial charge on any atom is -0.326 e. The number of nitrogens with zero attached hydrogens (tertiary/aromatic N) is 1. The number of carbonyl (C=O) groups is 1. The van der Waals surface area contributed by atoms with Gasteiger partial charge in [-0.3, -0.25) is 4.79 Å². The van der Waals surface area contributed by atoms with Crippen molar-refractivity contribution in [2.24, 2.45) is 5.10 Å². The van der Waals surface area contributed by atoms with Crippen LogP contribution in [0.2, 0.25) is 0 Å². The van der Waals surface area contributed by atoms with Crippen LogP contribution in [0.4, 0.5) is 5.69 Å². The summed E-state index contributed by atoms with van der Waals surface area (Å²) in [6.45, 7) is 3.70. The third-order valence-electron chi connectivity index (χ3n) is 5.40. The highest BCUT2D eigenvalue weighted by molar-refractivity contribution is 7.89. The van der Waals surface area contributed by atoms with Crippen LogP contribution in [0, 0.1) is 0 Å². The smallest absolute Gasteiger partial charge is 0.247 e. The second-order valence-electron chi connectivity index (χ2n) is 8.57. The Morgan fingerprint density at radius 1 is 0.812 bits per heavy atom. The van der Waals surface area contributed by atoms with Gasteiger partial charge in [-0.1, -0.05) is 103 Å². The van der Waals surface area contributed by atoms with Gasteiger partial charge in [-0.15, -0.1) is 0 Å². The van der Waals surface area contributed by atoms with Crippen LogP contribution in [0.15, 0.2) is 29.4 Å². The molecular formula is C25H43N3O3S. The predicted molar refractivity (Wildman–Crippen MR) is 136 cm³/mol. The van der Waals surface area contributed by atoms with Gasteiger partial charge in [0.2, 0.25) is 15.9 Å². The van der Waals surface area contributed by atoms with Gasteiger partial charge in [-0.05, 0) is 24.1 Å². The number of carbonyl (C=O) groups excluding carboxylic acids is 1. The summed E-state index contributed by atoms with van der Waals surface area (Å²) in [5, 5.41) is 6.52. The molecule has 0 spiro atoms. The van der Waals surface area contributed by atoms with Crippen LogP contribution < -0.4 is 10.1 Å². The Bertz CT molecular complexity index is 746. The first kappa shape index (κ1) is 28.1. The van der Waals surface area contributed by atoms with Gasteiger partial charge in [-0.25, -0.2) is 13.2 Å². The maximum absolute atomic E-state index is 12.0. The van der Waals surface area contributed by atoms with Gasteiger partial charge in [0.05, 0.1) is 12.0 Å². The maximum Gasteiger partial charge on any atom is 0.247 e. The van der Waals surface area contributed by atoms with Gasteiger partial charge >= 0.3 is 0 Å². The summed E-state index contributed by atoms with van der Waals surface area (Å²) in [5.41, 5.74) is 1.44. The Balaban J connectivity index is 2.03. The predicted octanol–water partition coefficient (Wildman–Crippen LogP) is 6.38. The molecule has 182 valence electrons. The third kappa shape index (κ3) is 15.8. The lowest BCUT2D eigenvalue weighted by Gasteiger charge is -2.05. The molecule has 6 nitrogen and oxygen atoms in total. The molecule has 0 saturated heterocycles. The third-order valence-corrected chi connectivity index (χ3v) is 6.61. The lowest BCUT2D eigenvalue weighted by molar-refractivity contribution is -0.114. The summed E-state index contributed by atoms with van der Waals surface area (Å²) in [7, 11) is -3.40. The van der Waals surface area contributed by atoms with Gasteiger partial charge in [-0.2, -0.15) is 5.10 Å². The number of hydrogen-bond donors (Lipinski definition) is 2. The molecule has 0 bridgehead atoms. The largest absolute Gasteiger partial charge is 0.326 e. The fraction of sp³-hybridized carbons (Fsp3) is 0.680. The van der Waals surface area contributed by atoms with Crippen molar-refractivity contribution in [1.29, 1.82) is 0 Å². The van der Waals surface area contributed by atoms with E-state index < -0.39 is 10.0 Å². The molecular weight excluding hydrogens is 422 g/mol. The number of benzene rings is 1. The van der Waals surface area contributed by atoms with E-state index in [1.165, 1.54) is 83.8 Å². The van der Waals surface area contributed by atoms with Gasteiger partial charge in [0, 0.05) is 12.6 Å². The zero-order valence-corrected chi connectivity index (χ0v) is 20.9. The molecule has 0 radical (unpaired) electrons. The molecule has 0 unspecified atom stereocenters. The number of sulfonamides is 1. The average Bonchev–Trinajstić information content (AvgIpc) is 2.75. The lowest BCUT2D eigenvalue weighted by Crippen LogP contribution is -2.21. The molecule has 0 heterocycles. The van der Waals surface area contributed by atoms with Crippen molar-refractivity contribution in [2.45, 2.75) is 104 Å². The van der Waals surface area contributed by atoms with Crippen LogP contribution in [0.5, 0.6) is 0 Å². The van der Waals surface area contributed by atoms with E-state index in [9.17, 15) is 13.2 Å². The second kappa shape index (κ2) is 17.6. The number of hydrazone groups is 1. The van der Waals surface area contributed by atoms with Crippen LogP contribution in [-0.2, 0) is 14.8 Å². The Morgan fingerprint density at radius 3 is 1.75 bits per heavy atom. The molecule has 0 aromatic heterocycles. The van der Waals surface area contributed by atoms with E-state index in [4.69, 9.17) is 0 Å². The Kier molecular flexibility index (Phi) is 15.5. The first-order valence-electron chi connectivity index (χ1n) is 12.3. The molecule has 0 atom stereocenters. The SMILES string of the molecule is CCCCCCCCCCCCCCCCS(=O)(=O)NN=Cc1ccc(NC(C)=O)cc1.